The molecule has 1 saturated heterocycles. The lowest BCUT2D eigenvalue weighted by Gasteiger charge is -2.49. The summed E-state index contributed by atoms with van der Waals surface area (Å²) in [5.74, 6) is -3.04. The molecule has 0 radical (unpaired) electrons. The fourth-order valence-electron chi connectivity index (χ4n) is 3.35. The third-order valence-electron chi connectivity index (χ3n) is 4.69. The first-order valence-electron chi connectivity index (χ1n) is 9.67. The number of carbonyl (C=O) groups excluding carboxylic acids is 4. The predicted octanol–water partition coefficient (Wildman–Crippen LogP) is -0.204. The van der Waals surface area contributed by atoms with Gasteiger partial charge in [-0.15, -0.1) is 11.8 Å². The van der Waals surface area contributed by atoms with Crippen LogP contribution in [0.25, 0.3) is 0 Å². The van der Waals surface area contributed by atoms with Gasteiger partial charge in [0, 0.05) is 23.8 Å². The van der Waals surface area contributed by atoms with E-state index in [1.165, 1.54) is 44.0 Å². The van der Waals surface area contributed by atoms with Gasteiger partial charge in [0.05, 0.1) is 0 Å². The monoisotopic (exact) mass is 492 g/mol. The Bertz CT molecular complexity index is 1120. The van der Waals surface area contributed by atoms with Gasteiger partial charge in [-0.25, -0.2) is 9.59 Å². The molecule has 3 amide bonds. The van der Waals surface area contributed by atoms with Crippen LogP contribution in [0.5, 0.6) is 5.75 Å². The van der Waals surface area contributed by atoms with Crippen LogP contribution in [-0.4, -0.2) is 76.4 Å². The van der Waals surface area contributed by atoms with Gasteiger partial charge in [0.2, 0.25) is 0 Å². The second-order valence-electron chi connectivity index (χ2n) is 6.97. The minimum absolute atomic E-state index is 0.138. The van der Waals surface area contributed by atoms with Crippen LogP contribution in [0.3, 0.4) is 0 Å². The van der Waals surface area contributed by atoms with E-state index >= 15 is 0 Å². The largest absolute Gasteiger partial charge is 0.477 e. The van der Waals surface area contributed by atoms with Crippen LogP contribution >= 0.6 is 11.8 Å². The van der Waals surface area contributed by atoms with Crippen molar-refractivity contribution in [2.75, 3.05) is 19.5 Å². The number of esters is 1. The molecule has 4 N–H and O–H groups in total. The number of amides is 3. The number of fused-ring (bicyclic) bond motifs is 1. The van der Waals surface area contributed by atoms with E-state index in [0.717, 1.165) is 4.90 Å². The summed E-state index contributed by atoms with van der Waals surface area (Å²) in [5.41, 5.74) is 4.89. The van der Waals surface area contributed by atoms with Gasteiger partial charge in [-0.3, -0.25) is 19.3 Å². The number of β-lactam (4-membered cyclic amide) rings is 1. The van der Waals surface area contributed by atoms with Crippen LogP contribution in [0.2, 0.25) is 0 Å². The van der Waals surface area contributed by atoms with Crippen LogP contribution in [0.1, 0.15) is 12.5 Å². The summed E-state index contributed by atoms with van der Waals surface area (Å²) in [7, 11) is 1.23. The van der Waals surface area contributed by atoms with Crippen molar-refractivity contribution in [3.05, 3.63) is 41.1 Å². The molecule has 3 rings (SSSR count). The molecule has 1 fully saturated rings. The van der Waals surface area contributed by atoms with Crippen molar-refractivity contribution in [1.29, 1.82) is 0 Å². The molecular formula is C20H20N4O9S. The molecule has 0 aromatic heterocycles. The maximum absolute atomic E-state index is 12.9. The van der Waals surface area contributed by atoms with Crippen LogP contribution in [0.15, 0.2) is 40.7 Å². The molecule has 1 aromatic carbocycles. The fourth-order valence-corrected chi connectivity index (χ4v) is 4.68. The summed E-state index contributed by atoms with van der Waals surface area (Å²) < 4.78 is 9.69. The van der Waals surface area contributed by atoms with E-state index in [4.69, 9.17) is 15.3 Å². The number of hydrogen-bond acceptors (Lipinski definition) is 10. The fraction of sp³-hybridized carbons (Fsp3) is 0.300. The Hall–Kier alpha value is -4.07. The Balaban J connectivity index is 1.79. The summed E-state index contributed by atoms with van der Waals surface area (Å²) in [4.78, 5) is 65.3. The maximum atomic E-state index is 12.9. The molecule has 0 saturated carbocycles. The summed E-state index contributed by atoms with van der Waals surface area (Å²) >= 11 is 1.19. The third kappa shape index (κ3) is 5.11. The van der Waals surface area contributed by atoms with Crippen molar-refractivity contribution < 1.29 is 43.4 Å². The Morgan fingerprint density at radius 2 is 2.06 bits per heavy atom. The number of carboxylic acids is 1. The number of aliphatic carboxylic acids is 1. The number of thioether (sulfide) groups is 1. The molecule has 13 nitrogen and oxygen atoms in total. The van der Waals surface area contributed by atoms with Crippen molar-refractivity contribution >= 4 is 47.3 Å². The van der Waals surface area contributed by atoms with E-state index < -0.39 is 41.3 Å². The quantitative estimate of drug-likeness (QED) is 0.144. The van der Waals surface area contributed by atoms with Gasteiger partial charge >= 0.3 is 18.0 Å². The van der Waals surface area contributed by atoms with Crippen LogP contribution in [-0.2, 0) is 28.8 Å². The second kappa shape index (κ2) is 10.2. The number of primary amides is 1. The van der Waals surface area contributed by atoms with Crippen molar-refractivity contribution in [2.45, 2.75) is 18.3 Å². The van der Waals surface area contributed by atoms with Gasteiger partial charge in [0.25, 0.3) is 11.8 Å². The highest BCUT2D eigenvalue weighted by atomic mass is 32.2. The summed E-state index contributed by atoms with van der Waals surface area (Å²) in [5, 5.41) is 15.2. The molecule has 0 bridgehead atoms. The Labute approximate surface area is 196 Å². The number of hydrogen-bond donors (Lipinski definition) is 3. The number of nitrogens with one attached hydrogen (secondary N) is 1. The standard InChI is InChI=1S/C20H20N4O9S/c1-9(25)33-12-5-3-4-10(6-12)13(23-31-2)16(26)22-14-17(27)24-15(19(28)29)11(7-32-20(21)30)8-34-18(14)24/h3-6,14,18H,7-8H2,1-2H3,(H2,21,30)(H,22,26)(H,28,29)/t14?,18-/m0/s1. The molecule has 2 heterocycles. The zero-order chi connectivity index (χ0) is 25.0. The number of rotatable bonds is 8. The number of carbonyl (C=O) groups is 5. The number of carboxylic acid groups (broad SMARTS) is 1. The highest BCUT2D eigenvalue weighted by molar-refractivity contribution is 8.00. The lowest BCUT2D eigenvalue weighted by Crippen LogP contribution is -2.71. The first-order chi connectivity index (χ1) is 16.1. The molecule has 180 valence electrons. The summed E-state index contributed by atoms with van der Waals surface area (Å²) in [6.45, 7) is 0.853. The van der Waals surface area contributed by atoms with Crippen molar-refractivity contribution in [3.63, 3.8) is 0 Å². The zero-order valence-corrected chi connectivity index (χ0v) is 18.8. The van der Waals surface area contributed by atoms with E-state index in [1.807, 2.05) is 0 Å². The molecule has 0 spiro atoms. The molecule has 2 aliphatic rings. The molecule has 34 heavy (non-hydrogen) atoms. The normalized spacial score (nSPS) is 19.5. The molecule has 2 aliphatic heterocycles. The number of oxime groups is 1. The van der Waals surface area contributed by atoms with Crippen LogP contribution < -0.4 is 15.8 Å². The average Bonchev–Trinajstić information content (AvgIpc) is 2.78. The number of nitrogens with two attached hydrogens (primary N) is 1. The molecule has 1 aromatic rings. The molecule has 0 aliphatic carbocycles. The Morgan fingerprint density at radius 3 is 2.68 bits per heavy atom. The Morgan fingerprint density at radius 1 is 1.32 bits per heavy atom. The molecule has 1 unspecified atom stereocenters. The summed E-state index contributed by atoms with van der Waals surface area (Å²) in [6, 6.07) is 4.95. The van der Waals surface area contributed by atoms with E-state index in [2.05, 4.69) is 15.2 Å². The smallest absolute Gasteiger partial charge is 0.404 e. The van der Waals surface area contributed by atoms with Crippen LogP contribution in [0.4, 0.5) is 4.79 Å². The highest BCUT2D eigenvalue weighted by Gasteiger charge is 2.54. The van der Waals surface area contributed by atoms with Gasteiger partial charge in [0.15, 0.2) is 5.71 Å². The second-order valence-corrected chi connectivity index (χ2v) is 8.07. The highest BCUT2D eigenvalue weighted by Crippen LogP contribution is 2.40. The van der Waals surface area contributed by atoms with Gasteiger partial charge < -0.3 is 30.5 Å². The third-order valence-corrected chi connectivity index (χ3v) is 6.03. The first kappa shape index (κ1) is 24.6. The van der Waals surface area contributed by atoms with Crippen LogP contribution in [0, 0.1) is 0 Å². The van der Waals surface area contributed by atoms with E-state index in [0.29, 0.717) is 0 Å². The van der Waals surface area contributed by atoms with E-state index in [1.54, 1.807) is 6.07 Å². The van der Waals surface area contributed by atoms with Gasteiger partial charge in [-0.1, -0.05) is 17.3 Å². The van der Waals surface area contributed by atoms with Gasteiger partial charge in [-0.2, -0.15) is 0 Å². The van der Waals surface area contributed by atoms with E-state index in [-0.39, 0.29) is 40.7 Å². The zero-order valence-electron chi connectivity index (χ0n) is 18.0. The first-order valence-corrected chi connectivity index (χ1v) is 10.7. The minimum Gasteiger partial charge on any atom is -0.477 e. The lowest BCUT2D eigenvalue weighted by molar-refractivity contribution is -0.150. The maximum Gasteiger partial charge on any atom is 0.404 e. The molecular weight excluding hydrogens is 472 g/mol. The van der Waals surface area contributed by atoms with Crippen molar-refractivity contribution in [1.82, 2.24) is 10.2 Å². The number of benzene rings is 1. The summed E-state index contributed by atoms with van der Waals surface area (Å²) in [6.07, 6.45) is -1.08. The van der Waals surface area contributed by atoms with Gasteiger partial charge in [0.1, 0.15) is 36.6 Å². The van der Waals surface area contributed by atoms with Crippen molar-refractivity contribution in [2.24, 2.45) is 10.9 Å². The predicted molar refractivity (Wildman–Crippen MR) is 117 cm³/mol. The number of nitrogens with zero attached hydrogens (tertiary/aromatic N) is 2. The topological polar surface area (TPSA) is 187 Å². The minimum atomic E-state index is -1.38. The van der Waals surface area contributed by atoms with Gasteiger partial charge in [-0.05, 0) is 12.1 Å². The molecule has 14 heteroatoms. The lowest BCUT2D eigenvalue weighted by atomic mass is 10.0. The Kier molecular flexibility index (Phi) is 7.40. The SMILES string of the molecule is CON=C(C(=O)NC1C(=O)N2C(C(=O)O)=C(COC(N)=O)CS[C@@H]12)c1cccc(OC(C)=O)c1. The number of ether oxygens (including phenoxy) is 2. The average molecular weight is 492 g/mol. The molecule has 2 atom stereocenters. The van der Waals surface area contributed by atoms with Crippen molar-refractivity contribution in [3.8, 4) is 5.75 Å². The van der Waals surface area contributed by atoms with E-state index in [9.17, 15) is 29.1 Å².